The van der Waals surface area contributed by atoms with Gasteiger partial charge in [-0.2, -0.15) is 0 Å². The Kier molecular flexibility index (Phi) is 2.25. The summed E-state index contributed by atoms with van der Waals surface area (Å²) < 4.78 is 0. The van der Waals surface area contributed by atoms with E-state index in [-0.39, 0.29) is 0 Å². The Labute approximate surface area is 91.5 Å². The lowest BCUT2D eigenvalue weighted by atomic mass is 10.1. The van der Waals surface area contributed by atoms with Crippen molar-refractivity contribution in [3.05, 3.63) is 34.9 Å². The van der Waals surface area contributed by atoms with Crippen LogP contribution in [-0.2, 0) is 4.79 Å². The molecular formula is C10H7Cl2NO. The number of hydrogen-bond acceptors (Lipinski definition) is 2. The number of hydrogen-bond donors (Lipinski definition) is 1. The molecular weight excluding hydrogens is 221 g/mol. The molecule has 0 amide bonds. The van der Waals surface area contributed by atoms with Crippen molar-refractivity contribution >= 4 is 41.3 Å². The van der Waals surface area contributed by atoms with Gasteiger partial charge in [0.1, 0.15) is 0 Å². The van der Waals surface area contributed by atoms with E-state index in [1.54, 1.807) is 24.3 Å². The van der Waals surface area contributed by atoms with Crippen LogP contribution in [0, 0.1) is 0 Å². The molecule has 0 fully saturated rings. The average molecular weight is 228 g/mol. The molecule has 1 N–H and O–H groups in total. The van der Waals surface area contributed by atoms with E-state index in [4.69, 9.17) is 23.2 Å². The predicted octanol–water partition coefficient (Wildman–Crippen LogP) is 2.91. The lowest BCUT2D eigenvalue weighted by Crippen LogP contribution is -2.33. The summed E-state index contributed by atoms with van der Waals surface area (Å²) in [5.41, 5.74) is 1.73. The second-order valence-electron chi connectivity index (χ2n) is 3.08. The molecule has 1 heterocycles. The van der Waals surface area contributed by atoms with E-state index in [0.717, 1.165) is 11.3 Å². The lowest BCUT2D eigenvalue weighted by molar-refractivity contribution is -0.108. The van der Waals surface area contributed by atoms with Gasteiger partial charge in [-0.1, -0.05) is 29.3 Å². The van der Waals surface area contributed by atoms with Crippen LogP contribution >= 0.6 is 23.2 Å². The third kappa shape index (κ3) is 1.63. The maximum absolute atomic E-state index is 10.7. The Balaban J connectivity index is 2.45. The largest absolute Gasteiger partial charge is 0.357 e. The first-order valence-electron chi connectivity index (χ1n) is 4.05. The van der Waals surface area contributed by atoms with Gasteiger partial charge in [-0.3, -0.25) is 4.79 Å². The summed E-state index contributed by atoms with van der Waals surface area (Å²) in [5.74, 6) is 0. The lowest BCUT2D eigenvalue weighted by Gasteiger charge is -2.25. The Bertz CT molecular complexity index is 417. The molecule has 0 spiro atoms. The highest BCUT2D eigenvalue weighted by Gasteiger charge is 2.26. The molecule has 0 saturated carbocycles. The summed E-state index contributed by atoms with van der Waals surface area (Å²) in [6, 6.07) is 5.35. The number of anilines is 1. The van der Waals surface area contributed by atoms with E-state index in [1.807, 2.05) is 6.07 Å². The SMILES string of the molecule is O=CC1(Cl)C=Cc2cc(Cl)ccc2N1. The number of halogens is 2. The van der Waals surface area contributed by atoms with Gasteiger partial charge in [0.2, 0.25) is 0 Å². The summed E-state index contributed by atoms with van der Waals surface area (Å²) in [4.78, 5) is 9.56. The fourth-order valence-electron chi connectivity index (χ4n) is 1.31. The van der Waals surface area contributed by atoms with Gasteiger partial charge in [-0.05, 0) is 29.8 Å². The van der Waals surface area contributed by atoms with Crippen LogP contribution in [-0.4, -0.2) is 11.3 Å². The Hall–Kier alpha value is -0.990. The van der Waals surface area contributed by atoms with Crippen LogP contribution in [0.15, 0.2) is 24.3 Å². The quantitative estimate of drug-likeness (QED) is 0.455. The molecule has 1 aromatic carbocycles. The maximum Gasteiger partial charge on any atom is 0.187 e. The van der Waals surface area contributed by atoms with Crippen molar-refractivity contribution in [2.75, 3.05) is 5.32 Å². The van der Waals surface area contributed by atoms with Gasteiger partial charge in [0.05, 0.1) is 0 Å². The smallest absolute Gasteiger partial charge is 0.187 e. The van der Waals surface area contributed by atoms with Crippen LogP contribution in [0.25, 0.3) is 6.08 Å². The van der Waals surface area contributed by atoms with Crippen LogP contribution in [0.3, 0.4) is 0 Å². The first-order chi connectivity index (χ1) is 6.63. The van der Waals surface area contributed by atoms with Gasteiger partial charge in [0.15, 0.2) is 11.3 Å². The standard InChI is InChI=1S/C10H7Cl2NO/c11-8-1-2-9-7(5-8)3-4-10(12,6-14)13-9/h1-6,13H. The van der Waals surface area contributed by atoms with Crippen molar-refractivity contribution in [1.82, 2.24) is 0 Å². The van der Waals surface area contributed by atoms with E-state index < -0.39 is 5.00 Å². The summed E-state index contributed by atoms with van der Waals surface area (Å²) in [6.07, 6.45) is 4.03. The first-order valence-corrected chi connectivity index (χ1v) is 4.81. The van der Waals surface area contributed by atoms with E-state index in [0.29, 0.717) is 11.3 Å². The molecule has 0 radical (unpaired) electrons. The number of carbonyl (C=O) groups excluding carboxylic acids is 1. The minimum Gasteiger partial charge on any atom is -0.357 e. The third-order valence-corrected chi connectivity index (χ3v) is 2.56. The summed E-state index contributed by atoms with van der Waals surface area (Å²) in [5, 5.41) is 3.56. The molecule has 1 aliphatic heterocycles. The number of carbonyl (C=O) groups is 1. The van der Waals surface area contributed by atoms with Crippen LogP contribution in [0.2, 0.25) is 5.02 Å². The van der Waals surface area contributed by atoms with Gasteiger partial charge < -0.3 is 5.32 Å². The molecule has 0 aliphatic carbocycles. The molecule has 0 bridgehead atoms. The van der Waals surface area contributed by atoms with E-state index in [1.165, 1.54) is 0 Å². The summed E-state index contributed by atoms with van der Waals surface area (Å²) >= 11 is 11.7. The zero-order valence-corrected chi connectivity index (χ0v) is 8.64. The van der Waals surface area contributed by atoms with Crippen molar-refractivity contribution in [3.63, 3.8) is 0 Å². The van der Waals surface area contributed by atoms with E-state index >= 15 is 0 Å². The average Bonchev–Trinajstić information content (AvgIpc) is 2.19. The van der Waals surface area contributed by atoms with Crippen LogP contribution < -0.4 is 5.32 Å². The first kappa shape index (κ1) is 9.56. The molecule has 1 aliphatic rings. The molecule has 72 valence electrons. The van der Waals surface area contributed by atoms with Crippen LogP contribution in [0.1, 0.15) is 5.56 Å². The second kappa shape index (κ2) is 3.30. The zero-order valence-electron chi connectivity index (χ0n) is 7.13. The van der Waals surface area contributed by atoms with Crippen LogP contribution in [0.4, 0.5) is 5.69 Å². The van der Waals surface area contributed by atoms with Gasteiger partial charge in [0, 0.05) is 10.7 Å². The number of benzene rings is 1. The molecule has 1 aromatic rings. The van der Waals surface area contributed by atoms with Crippen molar-refractivity contribution in [2.45, 2.75) is 5.00 Å². The molecule has 4 heteroatoms. The molecule has 0 aromatic heterocycles. The monoisotopic (exact) mass is 227 g/mol. The van der Waals surface area contributed by atoms with Crippen molar-refractivity contribution < 1.29 is 4.79 Å². The molecule has 14 heavy (non-hydrogen) atoms. The van der Waals surface area contributed by atoms with Crippen molar-refractivity contribution in [3.8, 4) is 0 Å². The maximum atomic E-state index is 10.7. The number of aldehydes is 1. The van der Waals surface area contributed by atoms with Gasteiger partial charge in [0.25, 0.3) is 0 Å². The number of rotatable bonds is 1. The molecule has 2 rings (SSSR count). The molecule has 2 nitrogen and oxygen atoms in total. The topological polar surface area (TPSA) is 29.1 Å². The van der Waals surface area contributed by atoms with E-state index in [2.05, 4.69) is 5.32 Å². The third-order valence-electron chi connectivity index (χ3n) is 2.02. The highest BCUT2D eigenvalue weighted by molar-refractivity contribution is 6.35. The van der Waals surface area contributed by atoms with Crippen LogP contribution in [0.5, 0.6) is 0 Å². The Morgan fingerprint density at radius 3 is 2.93 bits per heavy atom. The number of nitrogens with one attached hydrogen (secondary N) is 1. The minimum absolute atomic E-state index is 0.655. The fraction of sp³-hybridized carbons (Fsp3) is 0.100. The highest BCUT2D eigenvalue weighted by atomic mass is 35.5. The number of alkyl halides is 1. The highest BCUT2D eigenvalue weighted by Crippen LogP contribution is 2.31. The minimum atomic E-state index is -1.12. The van der Waals surface area contributed by atoms with E-state index in [9.17, 15) is 4.79 Å². The van der Waals surface area contributed by atoms with Crippen molar-refractivity contribution in [1.29, 1.82) is 0 Å². The molecule has 1 atom stereocenters. The Morgan fingerprint density at radius 2 is 2.21 bits per heavy atom. The summed E-state index contributed by atoms with van der Waals surface area (Å²) in [6.45, 7) is 0. The van der Waals surface area contributed by atoms with Gasteiger partial charge in [-0.15, -0.1) is 0 Å². The normalized spacial score (nSPS) is 23.9. The van der Waals surface area contributed by atoms with Gasteiger partial charge in [-0.25, -0.2) is 0 Å². The second-order valence-corrected chi connectivity index (χ2v) is 4.14. The predicted molar refractivity (Wildman–Crippen MR) is 58.8 cm³/mol. The fourth-order valence-corrected chi connectivity index (χ4v) is 1.66. The Morgan fingerprint density at radius 1 is 1.43 bits per heavy atom. The van der Waals surface area contributed by atoms with Crippen molar-refractivity contribution in [2.24, 2.45) is 0 Å². The molecule has 1 unspecified atom stereocenters. The molecule has 0 saturated heterocycles. The van der Waals surface area contributed by atoms with Gasteiger partial charge >= 0.3 is 0 Å². The summed E-state index contributed by atoms with van der Waals surface area (Å²) in [7, 11) is 0. The number of fused-ring (bicyclic) bond motifs is 1. The zero-order chi connectivity index (χ0) is 10.2.